The molecule has 0 saturated carbocycles. The number of hydrogen-bond acceptors (Lipinski definition) is 2. The van der Waals surface area contributed by atoms with Gasteiger partial charge in [-0.3, -0.25) is 4.79 Å². The minimum atomic E-state index is -3.48. The molecular weight excluding hydrogens is 178 g/mol. The van der Waals surface area contributed by atoms with Crippen molar-refractivity contribution in [3.63, 3.8) is 0 Å². The van der Waals surface area contributed by atoms with Crippen LogP contribution in [0.15, 0.2) is 24.3 Å². The fourth-order valence-corrected chi connectivity index (χ4v) is 0.983. The Hall–Kier alpha value is -1.45. The van der Waals surface area contributed by atoms with Gasteiger partial charge >= 0.3 is 5.92 Å². The Bertz CT molecular complexity index is 310. The topological polar surface area (TPSA) is 26.3 Å². The maximum atomic E-state index is 12.9. The number of ether oxygens (including phenoxy) is 1. The summed E-state index contributed by atoms with van der Waals surface area (Å²) < 4.78 is 30.5. The van der Waals surface area contributed by atoms with Crippen LogP contribution in [0.1, 0.15) is 5.56 Å². The SMILES string of the molecule is COc1ccccc1C(F)(F)C=O. The van der Waals surface area contributed by atoms with Crippen LogP contribution >= 0.6 is 0 Å². The average Bonchev–Trinajstić information content (AvgIpc) is 2.18. The van der Waals surface area contributed by atoms with Crippen LogP contribution in [0.3, 0.4) is 0 Å². The smallest absolute Gasteiger partial charge is 0.331 e. The van der Waals surface area contributed by atoms with Crippen molar-refractivity contribution < 1.29 is 18.3 Å². The van der Waals surface area contributed by atoms with Gasteiger partial charge in [0.1, 0.15) is 5.75 Å². The first-order valence-electron chi connectivity index (χ1n) is 3.59. The molecule has 0 fully saturated rings. The van der Waals surface area contributed by atoms with Crippen LogP contribution in [0, 0.1) is 0 Å². The van der Waals surface area contributed by atoms with Gasteiger partial charge in [-0.2, -0.15) is 8.78 Å². The van der Waals surface area contributed by atoms with Gasteiger partial charge in [-0.15, -0.1) is 0 Å². The van der Waals surface area contributed by atoms with Crippen molar-refractivity contribution in [2.45, 2.75) is 5.92 Å². The second kappa shape index (κ2) is 3.51. The van der Waals surface area contributed by atoms with Crippen molar-refractivity contribution in [1.29, 1.82) is 0 Å². The summed E-state index contributed by atoms with van der Waals surface area (Å²) in [6.07, 6.45) is -0.398. The number of methoxy groups -OCH3 is 1. The first-order chi connectivity index (χ1) is 6.11. The van der Waals surface area contributed by atoms with E-state index in [1.165, 1.54) is 19.2 Å². The number of aldehydes is 1. The van der Waals surface area contributed by atoms with E-state index >= 15 is 0 Å². The molecule has 0 heterocycles. The zero-order chi connectivity index (χ0) is 9.90. The number of carbonyl (C=O) groups is 1. The lowest BCUT2D eigenvalue weighted by molar-refractivity contribution is -0.130. The van der Waals surface area contributed by atoms with E-state index in [0.717, 1.165) is 6.07 Å². The Labute approximate surface area is 74.1 Å². The summed E-state index contributed by atoms with van der Waals surface area (Å²) in [6, 6.07) is 5.53. The van der Waals surface area contributed by atoms with Crippen LogP contribution in [0.4, 0.5) is 8.78 Å². The van der Waals surface area contributed by atoms with Crippen molar-refractivity contribution in [3.8, 4) is 5.75 Å². The molecule has 0 aliphatic heterocycles. The third-order valence-electron chi connectivity index (χ3n) is 1.61. The van der Waals surface area contributed by atoms with E-state index in [4.69, 9.17) is 4.74 Å². The molecule has 0 saturated heterocycles. The highest BCUT2D eigenvalue weighted by atomic mass is 19.3. The number of rotatable bonds is 3. The van der Waals surface area contributed by atoms with Gasteiger partial charge in [0.15, 0.2) is 6.29 Å². The number of carbonyl (C=O) groups excluding carboxylic acids is 1. The molecule has 0 N–H and O–H groups in total. The Kier molecular flexibility index (Phi) is 2.60. The average molecular weight is 186 g/mol. The largest absolute Gasteiger partial charge is 0.496 e. The molecule has 2 nitrogen and oxygen atoms in total. The van der Waals surface area contributed by atoms with E-state index in [0.29, 0.717) is 0 Å². The Balaban J connectivity index is 3.20. The maximum Gasteiger partial charge on any atom is 0.331 e. The Morgan fingerprint density at radius 2 is 2.00 bits per heavy atom. The predicted octanol–water partition coefficient (Wildman–Crippen LogP) is 1.99. The zero-order valence-corrected chi connectivity index (χ0v) is 6.96. The Morgan fingerprint density at radius 1 is 1.38 bits per heavy atom. The van der Waals surface area contributed by atoms with E-state index < -0.39 is 17.8 Å². The second-order valence-electron chi connectivity index (χ2n) is 2.44. The molecule has 4 heteroatoms. The highest BCUT2D eigenvalue weighted by Crippen LogP contribution is 2.32. The normalized spacial score (nSPS) is 11.0. The fourth-order valence-electron chi connectivity index (χ4n) is 0.983. The molecule has 0 aliphatic rings. The molecule has 0 spiro atoms. The fraction of sp³-hybridized carbons (Fsp3) is 0.222. The first kappa shape index (κ1) is 9.64. The molecular formula is C9H8F2O2. The molecule has 1 rings (SSSR count). The molecule has 0 amide bonds. The predicted molar refractivity (Wildman–Crippen MR) is 43.0 cm³/mol. The van der Waals surface area contributed by atoms with Crippen LogP contribution in [0.5, 0.6) is 5.75 Å². The van der Waals surface area contributed by atoms with Gasteiger partial charge in [0.05, 0.1) is 12.7 Å². The van der Waals surface area contributed by atoms with E-state index in [-0.39, 0.29) is 5.75 Å². The lowest BCUT2D eigenvalue weighted by Gasteiger charge is -2.12. The summed E-state index contributed by atoms with van der Waals surface area (Å²) in [5.74, 6) is -3.47. The molecule has 0 radical (unpaired) electrons. The van der Waals surface area contributed by atoms with Crippen LogP contribution < -0.4 is 4.74 Å². The number of halogens is 2. The lowest BCUT2D eigenvalue weighted by Crippen LogP contribution is -2.15. The van der Waals surface area contributed by atoms with Gasteiger partial charge < -0.3 is 4.74 Å². The van der Waals surface area contributed by atoms with Crippen LogP contribution in [-0.4, -0.2) is 13.4 Å². The standard InChI is InChI=1S/C9H8F2O2/c1-13-8-5-3-2-4-7(8)9(10,11)6-12/h2-6H,1H3. The minimum Gasteiger partial charge on any atom is -0.496 e. The molecule has 0 atom stereocenters. The molecule has 0 aromatic heterocycles. The highest BCUT2D eigenvalue weighted by Gasteiger charge is 2.33. The van der Waals surface area contributed by atoms with Crippen LogP contribution in [0.2, 0.25) is 0 Å². The van der Waals surface area contributed by atoms with Gasteiger partial charge in [0, 0.05) is 0 Å². The number of hydrogen-bond donors (Lipinski definition) is 0. The first-order valence-corrected chi connectivity index (χ1v) is 3.59. The van der Waals surface area contributed by atoms with Crippen LogP contribution in [0.25, 0.3) is 0 Å². The van der Waals surface area contributed by atoms with Crippen molar-refractivity contribution in [2.24, 2.45) is 0 Å². The highest BCUT2D eigenvalue weighted by molar-refractivity contribution is 5.65. The van der Waals surface area contributed by atoms with Gasteiger partial charge in [0.25, 0.3) is 0 Å². The molecule has 0 bridgehead atoms. The monoisotopic (exact) mass is 186 g/mol. The van der Waals surface area contributed by atoms with Crippen molar-refractivity contribution in [3.05, 3.63) is 29.8 Å². The third-order valence-corrected chi connectivity index (χ3v) is 1.61. The molecule has 1 aromatic carbocycles. The van der Waals surface area contributed by atoms with Crippen LogP contribution in [-0.2, 0) is 10.7 Å². The summed E-state index contributed by atoms with van der Waals surface area (Å²) in [4.78, 5) is 10.1. The minimum absolute atomic E-state index is 0.0135. The second-order valence-corrected chi connectivity index (χ2v) is 2.44. The summed E-state index contributed by atoms with van der Waals surface area (Å²) in [5.41, 5.74) is -0.410. The van der Waals surface area contributed by atoms with E-state index in [2.05, 4.69) is 0 Å². The molecule has 0 unspecified atom stereocenters. The third kappa shape index (κ3) is 1.83. The van der Waals surface area contributed by atoms with Crippen molar-refractivity contribution in [1.82, 2.24) is 0 Å². The van der Waals surface area contributed by atoms with Gasteiger partial charge in [-0.1, -0.05) is 12.1 Å². The molecule has 13 heavy (non-hydrogen) atoms. The van der Waals surface area contributed by atoms with E-state index in [9.17, 15) is 13.6 Å². The van der Waals surface area contributed by atoms with Crippen molar-refractivity contribution >= 4 is 6.29 Å². The Morgan fingerprint density at radius 3 is 2.54 bits per heavy atom. The maximum absolute atomic E-state index is 12.9. The summed E-state index contributed by atoms with van der Waals surface area (Å²) in [6.45, 7) is 0. The quantitative estimate of drug-likeness (QED) is 0.675. The summed E-state index contributed by atoms with van der Waals surface area (Å²) >= 11 is 0. The molecule has 70 valence electrons. The van der Waals surface area contributed by atoms with E-state index in [1.807, 2.05) is 0 Å². The zero-order valence-electron chi connectivity index (χ0n) is 6.96. The summed E-state index contributed by atoms with van der Waals surface area (Å²) in [7, 11) is 1.28. The lowest BCUT2D eigenvalue weighted by atomic mass is 10.1. The molecule has 0 aliphatic carbocycles. The number of para-hydroxylation sites is 1. The van der Waals surface area contributed by atoms with Gasteiger partial charge in [-0.25, -0.2) is 0 Å². The number of alkyl halides is 2. The van der Waals surface area contributed by atoms with Gasteiger partial charge in [0.2, 0.25) is 0 Å². The molecule has 1 aromatic rings. The van der Waals surface area contributed by atoms with Crippen molar-refractivity contribution in [2.75, 3.05) is 7.11 Å². The van der Waals surface area contributed by atoms with Gasteiger partial charge in [-0.05, 0) is 12.1 Å². The van der Waals surface area contributed by atoms with E-state index in [1.54, 1.807) is 6.07 Å². The summed E-state index contributed by atoms with van der Waals surface area (Å²) in [5, 5.41) is 0. The number of benzene rings is 1.